The summed E-state index contributed by atoms with van der Waals surface area (Å²) in [5.74, 6) is 0.452. The minimum atomic E-state index is -3.45. The lowest BCUT2D eigenvalue weighted by Gasteiger charge is -2.24. The Balaban J connectivity index is 1.60. The molecule has 0 saturated heterocycles. The number of nitrogens with one attached hydrogen (secondary N) is 1. The van der Waals surface area contributed by atoms with E-state index in [9.17, 15) is 8.42 Å². The van der Waals surface area contributed by atoms with Gasteiger partial charge in [0.1, 0.15) is 5.84 Å². The number of benzene rings is 2. The van der Waals surface area contributed by atoms with Gasteiger partial charge in [0.15, 0.2) is 0 Å². The summed E-state index contributed by atoms with van der Waals surface area (Å²) in [6.07, 6.45) is 0.858. The Bertz CT molecular complexity index is 863. The van der Waals surface area contributed by atoms with Gasteiger partial charge in [-0.1, -0.05) is 42.5 Å². The van der Waals surface area contributed by atoms with Crippen molar-refractivity contribution in [2.45, 2.75) is 30.8 Å². The van der Waals surface area contributed by atoms with E-state index in [0.717, 1.165) is 13.0 Å². The van der Waals surface area contributed by atoms with Gasteiger partial charge in [0.05, 0.1) is 4.90 Å². The smallest absolute Gasteiger partial charge is 0.263 e. The molecule has 0 fully saturated rings. The molecule has 0 bridgehead atoms. The van der Waals surface area contributed by atoms with Gasteiger partial charge in [-0.3, -0.25) is 14.6 Å². The second-order valence-corrected chi connectivity index (χ2v) is 8.02. The Morgan fingerprint density at radius 2 is 1.76 bits per heavy atom. The van der Waals surface area contributed by atoms with Crippen molar-refractivity contribution in [3.63, 3.8) is 0 Å². The van der Waals surface area contributed by atoms with Gasteiger partial charge in [-0.2, -0.15) is 0 Å². The molecule has 1 unspecified atom stereocenters. The average molecular weight is 357 g/mol. The van der Waals surface area contributed by atoms with E-state index in [1.54, 1.807) is 18.2 Å². The van der Waals surface area contributed by atoms with E-state index in [1.807, 2.05) is 24.3 Å². The number of amidine groups is 1. The Hall–Kier alpha value is -2.18. The normalized spacial score (nSPS) is 18.1. The second kappa shape index (κ2) is 7.37. The lowest BCUT2D eigenvalue weighted by atomic mass is 10.1. The maximum Gasteiger partial charge on any atom is 0.263 e. The summed E-state index contributed by atoms with van der Waals surface area (Å²) in [5.41, 5.74) is 1.94. The second-order valence-electron chi connectivity index (χ2n) is 6.37. The van der Waals surface area contributed by atoms with E-state index >= 15 is 0 Å². The van der Waals surface area contributed by atoms with Crippen molar-refractivity contribution in [1.82, 2.24) is 9.62 Å². The summed E-state index contributed by atoms with van der Waals surface area (Å²) in [7, 11) is -1.36. The van der Waals surface area contributed by atoms with E-state index < -0.39 is 10.0 Å². The number of hydrogen-bond acceptors (Lipinski definition) is 4. The molecule has 1 aliphatic rings. The van der Waals surface area contributed by atoms with Crippen LogP contribution >= 0.6 is 0 Å². The highest BCUT2D eigenvalue weighted by Gasteiger charge is 2.29. The topological polar surface area (TPSA) is 61.8 Å². The molecule has 132 valence electrons. The van der Waals surface area contributed by atoms with Crippen LogP contribution in [0.2, 0.25) is 0 Å². The third-order valence-corrected chi connectivity index (χ3v) is 5.90. The van der Waals surface area contributed by atoms with Crippen LogP contribution in [-0.2, 0) is 16.6 Å². The zero-order valence-electron chi connectivity index (χ0n) is 14.5. The predicted molar refractivity (Wildman–Crippen MR) is 100 cm³/mol. The Kier molecular flexibility index (Phi) is 5.20. The lowest BCUT2D eigenvalue weighted by Crippen LogP contribution is -2.29. The van der Waals surface area contributed by atoms with Crippen molar-refractivity contribution in [3.8, 4) is 0 Å². The molecule has 1 heterocycles. The molecular weight excluding hydrogens is 334 g/mol. The molecule has 1 N–H and O–H groups in total. The molecule has 0 aliphatic carbocycles. The van der Waals surface area contributed by atoms with E-state index in [-0.39, 0.29) is 0 Å². The van der Waals surface area contributed by atoms with Crippen molar-refractivity contribution in [2.24, 2.45) is 4.99 Å². The molecule has 6 heteroatoms. The van der Waals surface area contributed by atoms with Gasteiger partial charge in [0, 0.05) is 24.7 Å². The number of rotatable bonds is 6. The zero-order valence-corrected chi connectivity index (χ0v) is 15.3. The molecule has 0 saturated carbocycles. The fourth-order valence-corrected chi connectivity index (χ4v) is 4.11. The number of hydrogen-bond donors (Lipinski definition) is 1. The van der Waals surface area contributed by atoms with Gasteiger partial charge >= 0.3 is 0 Å². The van der Waals surface area contributed by atoms with E-state index in [2.05, 4.69) is 40.7 Å². The lowest BCUT2D eigenvalue weighted by molar-refractivity contribution is 0.240. The zero-order chi connectivity index (χ0) is 17.9. The van der Waals surface area contributed by atoms with Crippen molar-refractivity contribution < 1.29 is 8.42 Å². The van der Waals surface area contributed by atoms with Crippen LogP contribution < -0.4 is 4.72 Å². The van der Waals surface area contributed by atoms with Gasteiger partial charge < -0.3 is 0 Å². The summed E-state index contributed by atoms with van der Waals surface area (Å²) < 4.78 is 26.7. The minimum absolute atomic E-state index is 0.308. The summed E-state index contributed by atoms with van der Waals surface area (Å²) >= 11 is 0. The first-order valence-electron chi connectivity index (χ1n) is 8.38. The first-order chi connectivity index (χ1) is 12.0. The molecule has 2 aromatic carbocycles. The fraction of sp³-hybridized carbons (Fsp3) is 0.316. The predicted octanol–water partition coefficient (Wildman–Crippen LogP) is 2.64. The first-order valence-corrected chi connectivity index (χ1v) is 9.86. The van der Waals surface area contributed by atoms with Crippen LogP contribution in [0, 0.1) is 0 Å². The van der Waals surface area contributed by atoms with Crippen LogP contribution in [0.25, 0.3) is 0 Å². The maximum absolute atomic E-state index is 12.1. The van der Waals surface area contributed by atoms with Crippen LogP contribution in [0.3, 0.4) is 0 Å². The van der Waals surface area contributed by atoms with E-state index in [1.165, 1.54) is 5.56 Å². The fourth-order valence-electron chi connectivity index (χ4n) is 2.86. The van der Waals surface area contributed by atoms with Crippen molar-refractivity contribution in [2.75, 3.05) is 13.6 Å². The van der Waals surface area contributed by atoms with Crippen LogP contribution in [-0.4, -0.2) is 38.8 Å². The first kappa shape index (κ1) is 17.6. The third-order valence-electron chi connectivity index (χ3n) is 4.51. The minimum Gasteiger partial charge on any atom is -0.299 e. The standard InChI is InChI=1S/C19H23N3O2S/c1-15(22(2)14-16-8-4-3-5-9-16)12-13-20-19-17-10-6-7-11-18(17)25(23,24)21-19/h3-11,15H,12-14H2,1-2H3,(H,20,21). The number of aliphatic imine (C=N–C) groups is 1. The molecule has 1 atom stereocenters. The Morgan fingerprint density at radius 1 is 1.08 bits per heavy atom. The summed E-state index contributed by atoms with van der Waals surface area (Å²) in [4.78, 5) is 7.08. The molecule has 0 amide bonds. The van der Waals surface area contributed by atoms with Crippen molar-refractivity contribution in [3.05, 3.63) is 65.7 Å². The van der Waals surface area contributed by atoms with Gasteiger partial charge in [-0.05, 0) is 38.1 Å². The molecule has 25 heavy (non-hydrogen) atoms. The molecule has 3 rings (SSSR count). The molecule has 2 aromatic rings. The van der Waals surface area contributed by atoms with Gasteiger partial charge in [0.2, 0.25) is 0 Å². The Labute approximate surface area is 149 Å². The van der Waals surface area contributed by atoms with Gasteiger partial charge in [0.25, 0.3) is 10.0 Å². The van der Waals surface area contributed by atoms with Crippen LogP contribution in [0.4, 0.5) is 0 Å². The van der Waals surface area contributed by atoms with Gasteiger partial charge in [-0.25, -0.2) is 8.42 Å². The Morgan fingerprint density at radius 3 is 2.52 bits per heavy atom. The highest BCUT2D eigenvalue weighted by Crippen LogP contribution is 2.22. The summed E-state index contributed by atoms with van der Waals surface area (Å²) in [6, 6.07) is 17.6. The molecule has 1 aliphatic heterocycles. The highest BCUT2D eigenvalue weighted by molar-refractivity contribution is 7.90. The van der Waals surface area contributed by atoms with E-state index in [4.69, 9.17) is 0 Å². The largest absolute Gasteiger partial charge is 0.299 e. The molecule has 0 aromatic heterocycles. The number of sulfonamides is 1. The third kappa shape index (κ3) is 4.08. The van der Waals surface area contributed by atoms with Gasteiger partial charge in [-0.15, -0.1) is 0 Å². The molecular formula is C19H23N3O2S. The number of nitrogens with zero attached hydrogens (tertiary/aromatic N) is 2. The quantitative estimate of drug-likeness (QED) is 0.864. The molecule has 5 nitrogen and oxygen atoms in total. The number of fused-ring (bicyclic) bond motifs is 1. The molecule has 0 spiro atoms. The maximum atomic E-state index is 12.1. The van der Waals surface area contributed by atoms with Crippen molar-refractivity contribution >= 4 is 15.9 Å². The highest BCUT2D eigenvalue weighted by atomic mass is 32.2. The van der Waals surface area contributed by atoms with E-state index in [0.29, 0.717) is 28.9 Å². The molecule has 0 radical (unpaired) electrons. The average Bonchev–Trinajstić information content (AvgIpc) is 2.87. The summed E-state index contributed by atoms with van der Waals surface area (Å²) in [6.45, 7) is 3.62. The SMILES string of the molecule is CC(CCN=C1NS(=O)(=O)c2ccccc21)N(C)Cc1ccccc1. The summed E-state index contributed by atoms with van der Waals surface area (Å²) in [5, 5.41) is 0. The van der Waals surface area contributed by atoms with Crippen LogP contribution in [0.1, 0.15) is 24.5 Å². The van der Waals surface area contributed by atoms with Crippen LogP contribution in [0.5, 0.6) is 0 Å². The monoisotopic (exact) mass is 357 g/mol. The van der Waals surface area contributed by atoms with Crippen molar-refractivity contribution in [1.29, 1.82) is 0 Å². The van der Waals surface area contributed by atoms with Crippen LogP contribution in [0.15, 0.2) is 64.5 Å².